The van der Waals surface area contributed by atoms with Gasteiger partial charge in [0.05, 0.1) is 16.7 Å². The van der Waals surface area contributed by atoms with Crippen molar-refractivity contribution in [1.29, 1.82) is 0 Å². The van der Waals surface area contributed by atoms with Crippen molar-refractivity contribution in [2.45, 2.75) is 6.92 Å². The molecule has 5 rings (SSSR count). The summed E-state index contributed by atoms with van der Waals surface area (Å²) in [6, 6.07) is 24.5. The number of aromatic nitrogens is 2. The third-order valence-corrected chi connectivity index (χ3v) is 4.32. The molecule has 0 amide bonds. The second-order valence-corrected chi connectivity index (χ2v) is 5.74. The molecule has 0 fully saturated rings. The third-order valence-electron chi connectivity index (χ3n) is 4.32. The summed E-state index contributed by atoms with van der Waals surface area (Å²) in [6.07, 6.45) is 0. The van der Waals surface area contributed by atoms with E-state index in [4.69, 9.17) is 4.98 Å². The Morgan fingerprint density at radius 3 is 2.65 bits per heavy atom. The maximum Gasteiger partial charge on any atom is 0.0774 e. The molecule has 23 heavy (non-hydrogen) atoms. The summed E-state index contributed by atoms with van der Waals surface area (Å²) in [5.74, 6) is 0. The summed E-state index contributed by atoms with van der Waals surface area (Å²) in [4.78, 5) is 4.87. The van der Waals surface area contributed by atoms with Crippen molar-refractivity contribution in [3.63, 3.8) is 0 Å². The first-order valence-electron chi connectivity index (χ1n) is 7.43. The number of para-hydroxylation sites is 1. The zero-order valence-electron chi connectivity index (χ0n) is 12.5. The van der Waals surface area contributed by atoms with E-state index in [0.29, 0.717) is 0 Å². The fourth-order valence-corrected chi connectivity index (χ4v) is 3.34. The van der Waals surface area contributed by atoms with Gasteiger partial charge in [-0.15, -0.1) is 29.7 Å². The number of aryl methyl sites for hydroxylation is 1. The number of hydrogen-bond acceptors (Lipinski definition) is 1. The van der Waals surface area contributed by atoms with Crippen LogP contribution in [0.2, 0.25) is 0 Å². The van der Waals surface area contributed by atoms with Crippen LogP contribution in [0.4, 0.5) is 0 Å². The fraction of sp³-hybridized carbons (Fsp3) is 0.0500. The van der Waals surface area contributed by atoms with Gasteiger partial charge in [0.2, 0.25) is 0 Å². The molecule has 3 heteroatoms. The van der Waals surface area contributed by atoms with E-state index in [-0.39, 0.29) is 20.1 Å². The summed E-state index contributed by atoms with van der Waals surface area (Å²) >= 11 is 0. The number of rotatable bonds is 0. The summed E-state index contributed by atoms with van der Waals surface area (Å²) in [5, 5.41) is 3.52. The van der Waals surface area contributed by atoms with Gasteiger partial charge in [-0.3, -0.25) is 4.98 Å². The molecule has 0 aliphatic rings. The Hall–Kier alpha value is -2.22. The van der Waals surface area contributed by atoms with Crippen molar-refractivity contribution in [3.8, 4) is 0 Å². The van der Waals surface area contributed by atoms with Crippen molar-refractivity contribution in [3.05, 3.63) is 72.3 Å². The maximum atomic E-state index is 4.87. The molecule has 0 saturated heterocycles. The SMILES string of the molecule is Cc1ccc2nc3c4[c-]cccc4c4ccccc4n3c2c1.[Ir]. The van der Waals surface area contributed by atoms with Crippen LogP contribution in [-0.2, 0) is 20.1 Å². The molecule has 1 radical (unpaired) electrons. The van der Waals surface area contributed by atoms with Crippen LogP contribution in [0, 0.1) is 13.0 Å². The molecule has 0 N–H and O–H groups in total. The number of hydrogen-bond donors (Lipinski definition) is 0. The van der Waals surface area contributed by atoms with Gasteiger partial charge in [0.1, 0.15) is 0 Å². The molecule has 2 heterocycles. The molecule has 0 aliphatic carbocycles. The monoisotopic (exact) mass is 474 g/mol. The van der Waals surface area contributed by atoms with E-state index in [0.717, 1.165) is 22.1 Å². The van der Waals surface area contributed by atoms with Crippen LogP contribution >= 0.6 is 0 Å². The van der Waals surface area contributed by atoms with Crippen molar-refractivity contribution >= 4 is 38.4 Å². The minimum Gasteiger partial charge on any atom is -0.333 e. The molecule has 0 spiro atoms. The first kappa shape index (κ1) is 14.4. The first-order chi connectivity index (χ1) is 10.8. The van der Waals surface area contributed by atoms with Gasteiger partial charge < -0.3 is 4.40 Å². The van der Waals surface area contributed by atoms with Gasteiger partial charge in [0, 0.05) is 25.6 Å². The second kappa shape index (κ2) is 5.16. The van der Waals surface area contributed by atoms with Crippen molar-refractivity contribution in [1.82, 2.24) is 9.38 Å². The summed E-state index contributed by atoms with van der Waals surface area (Å²) in [6.45, 7) is 2.12. The molecule has 0 aliphatic heterocycles. The van der Waals surface area contributed by atoms with Crippen LogP contribution in [0.25, 0.3) is 38.4 Å². The van der Waals surface area contributed by atoms with Crippen LogP contribution in [0.15, 0.2) is 60.7 Å². The molecule has 2 nitrogen and oxygen atoms in total. The number of imidazole rings is 1. The standard InChI is InChI=1S/C20H13N2.Ir/c1-13-10-11-17-19(12-13)22-18-9-5-4-7-15(18)14-6-2-3-8-16(14)20(22)21-17;/h2-7,9-12H,1H3;/q-1;. The van der Waals surface area contributed by atoms with E-state index >= 15 is 0 Å². The average Bonchev–Trinajstić information content (AvgIpc) is 2.94. The largest absolute Gasteiger partial charge is 0.333 e. The molecule has 0 atom stereocenters. The van der Waals surface area contributed by atoms with Crippen LogP contribution in [0.1, 0.15) is 5.56 Å². The smallest absolute Gasteiger partial charge is 0.0774 e. The van der Waals surface area contributed by atoms with E-state index in [9.17, 15) is 0 Å². The molecule has 0 unspecified atom stereocenters. The van der Waals surface area contributed by atoms with Gasteiger partial charge in [-0.25, -0.2) is 0 Å². The molecule has 113 valence electrons. The Morgan fingerprint density at radius 1 is 0.913 bits per heavy atom. The topological polar surface area (TPSA) is 17.3 Å². The van der Waals surface area contributed by atoms with E-state index < -0.39 is 0 Å². The Labute approximate surface area is 147 Å². The van der Waals surface area contributed by atoms with Gasteiger partial charge in [-0.05, 0) is 36.1 Å². The molecule has 3 aromatic carbocycles. The Balaban J connectivity index is 0.00000135. The van der Waals surface area contributed by atoms with Crippen LogP contribution in [0.3, 0.4) is 0 Å². The molecular formula is C20H13IrN2-. The Kier molecular flexibility index (Phi) is 3.22. The van der Waals surface area contributed by atoms with E-state index in [2.05, 4.69) is 65.9 Å². The molecule has 0 saturated carbocycles. The second-order valence-electron chi connectivity index (χ2n) is 5.74. The van der Waals surface area contributed by atoms with Crippen LogP contribution in [0.5, 0.6) is 0 Å². The predicted octanol–water partition coefficient (Wildman–Crippen LogP) is 4.90. The fourth-order valence-electron chi connectivity index (χ4n) is 3.34. The average molecular weight is 474 g/mol. The number of nitrogens with zero attached hydrogens (tertiary/aromatic N) is 2. The Bertz CT molecular complexity index is 1190. The summed E-state index contributed by atoms with van der Waals surface area (Å²) in [7, 11) is 0. The molecule has 5 aromatic rings. The van der Waals surface area contributed by atoms with E-state index in [1.165, 1.54) is 21.9 Å². The van der Waals surface area contributed by atoms with Crippen LogP contribution < -0.4 is 0 Å². The minimum absolute atomic E-state index is 0. The minimum atomic E-state index is 0. The van der Waals surface area contributed by atoms with E-state index in [1.54, 1.807) is 0 Å². The van der Waals surface area contributed by atoms with Gasteiger partial charge in [0.25, 0.3) is 0 Å². The van der Waals surface area contributed by atoms with Gasteiger partial charge in [-0.1, -0.05) is 29.7 Å². The van der Waals surface area contributed by atoms with Crippen molar-refractivity contribution in [2.24, 2.45) is 0 Å². The predicted molar refractivity (Wildman–Crippen MR) is 91.3 cm³/mol. The van der Waals surface area contributed by atoms with Gasteiger partial charge in [0.15, 0.2) is 0 Å². The number of benzene rings is 3. The van der Waals surface area contributed by atoms with Gasteiger partial charge in [-0.2, -0.15) is 0 Å². The zero-order chi connectivity index (χ0) is 14.7. The quantitative estimate of drug-likeness (QED) is 0.231. The Morgan fingerprint density at radius 2 is 1.74 bits per heavy atom. The third kappa shape index (κ3) is 1.94. The molecule has 0 bridgehead atoms. The van der Waals surface area contributed by atoms with Crippen LogP contribution in [-0.4, -0.2) is 9.38 Å². The first-order valence-corrected chi connectivity index (χ1v) is 7.43. The molecule has 2 aromatic heterocycles. The summed E-state index contributed by atoms with van der Waals surface area (Å²) in [5.41, 5.74) is 5.61. The molecular weight excluding hydrogens is 460 g/mol. The zero-order valence-corrected chi connectivity index (χ0v) is 14.9. The van der Waals surface area contributed by atoms with Crippen molar-refractivity contribution in [2.75, 3.05) is 0 Å². The van der Waals surface area contributed by atoms with E-state index in [1.807, 2.05) is 12.1 Å². The van der Waals surface area contributed by atoms with Gasteiger partial charge >= 0.3 is 0 Å². The summed E-state index contributed by atoms with van der Waals surface area (Å²) < 4.78 is 2.26. The van der Waals surface area contributed by atoms with Crippen molar-refractivity contribution < 1.29 is 20.1 Å². The number of fused-ring (bicyclic) bond motifs is 8. The maximum absolute atomic E-state index is 4.87. The number of pyridine rings is 1. The normalized spacial score (nSPS) is 11.3.